The lowest BCUT2D eigenvalue weighted by Crippen LogP contribution is -2.27. The number of non-ortho nitro benzene ring substituents is 1. The predicted molar refractivity (Wildman–Crippen MR) is 93.3 cm³/mol. The number of rotatable bonds is 7. The number of hydrogen-bond acceptors (Lipinski definition) is 4. The maximum Gasteiger partial charge on any atom is 0.273 e. The zero-order chi connectivity index (χ0) is 17.5. The van der Waals surface area contributed by atoms with Gasteiger partial charge in [0, 0.05) is 12.0 Å². The fourth-order valence-corrected chi connectivity index (χ4v) is 3.34. The van der Waals surface area contributed by atoms with Gasteiger partial charge in [-0.25, -0.2) is 0 Å². The smallest absolute Gasteiger partial charge is 0.273 e. The van der Waals surface area contributed by atoms with Crippen molar-refractivity contribution in [1.29, 1.82) is 0 Å². The fourth-order valence-electron chi connectivity index (χ4n) is 3.34. The number of hydrogen-bond donors (Lipinski definition) is 1. The van der Waals surface area contributed by atoms with Crippen LogP contribution in [0.3, 0.4) is 0 Å². The van der Waals surface area contributed by atoms with Crippen LogP contribution in [0.4, 0.5) is 11.4 Å². The Morgan fingerprint density at radius 3 is 2.62 bits per heavy atom. The number of nitro groups is 1. The maximum absolute atomic E-state index is 12.5. The number of amides is 1. The van der Waals surface area contributed by atoms with Gasteiger partial charge in [-0.3, -0.25) is 14.9 Å². The van der Waals surface area contributed by atoms with Crippen molar-refractivity contribution in [3.63, 3.8) is 0 Å². The average Bonchev–Trinajstić information content (AvgIpc) is 2.60. The van der Waals surface area contributed by atoms with Crippen molar-refractivity contribution < 1.29 is 14.5 Å². The Morgan fingerprint density at radius 2 is 2.04 bits per heavy atom. The highest BCUT2D eigenvalue weighted by atomic mass is 16.6. The summed E-state index contributed by atoms with van der Waals surface area (Å²) in [6, 6.07) is 4.23. The number of anilines is 1. The number of nitrogens with one attached hydrogen (secondary N) is 1. The molecule has 0 saturated heterocycles. The molecule has 0 aliphatic heterocycles. The van der Waals surface area contributed by atoms with E-state index in [1.807, 2.05) is 0 Å². The van der Waals surface area contributed by atoms with Gasteiger partial charge in [0.25, 0.3) is 5.69 Å². The summed E-state index contributed by atoms with van der Waals surface area (Å²) in [5.74, 6) is 1.07. The van der Waals surface area contributed by atoms with Crippen molar-refractivity contribution in [2.75, 3.05) is 12.4 Å². The van der Waals surface area contributed by atoms with Gasteiger partial charge in [-0.05, 0) is 37.7 Å². The van der Waals surface area contributed by atoms with Crippen LogP contribution in [-0.4, -0.2) is 17.9 Å². The number of carbonyl (C=O) groups is 1. The summed E-state index contributed by atoms with van der Waals surface area (Å²) in [7, 11) is 1.44. The summed E-state index contributed by atoms with van der Waals surface area (Å²) < 4.78 is 5.17. The molecule has 0 bridgehead atoms. The second-order valence-corrected chi connectivity index (χ2v) is 6.49. The Bertz CT molecular complexity index is 580. The third-order valence-corrected chi connectivity index (χ3v) is 4.84. The van der Waals surface area contributed by atoms with Crippen LogP contribution in [0.5, 0.6) is 5.75 Å². The van der Waals surface area contributed by atoms with E-state index >= 15 is 0 Å². The molecule has 132 valence electrons. The highest BCUT2D eigenvalue weighted by molar-refractivity contribution is 5.94. The first-order valence-electron chi connectivity index (χ1n) is 8.68. The molecule has 6 heteroatoms. The molecule has 1 aromatic carbocycles. The molecule has 24 heavy (non-hydrogen) atoms. The van der Waals surface area contributed by atoms with Gasteiger partial charge >= 0.3 is 0 Å². The van der Waals surface area contributed by atoms with E-state index in [9.17, 15) is 14.9 Å². The van der Waals surface area contributed by atoms with Crippen molar-refractivity contribution in [2.24, 2.45) is 11.8 Å². The molecule has 1 aliphatic carbocycles. The Hall–Kier alpha value is -2.11. The van der Waals surface area contributed by atoms with E-state index in [0.29, 0.717) is 11.4 Å². The highest BCUT2D eigenvalue weighted by Gasteiger charge is 2.26. The average molecular weight is 334 g/mol. The molecule has 1 aliphatic rings. The van der Waals surface area contributed by atoms with E-state index in [0.717, 1.165) is 31.6 Å². The molecule has 0 radical (unpaired) electrons. The number of nitrogens with zero attached hydrogens (tertiary/aromatic N) is 1. The molecule has 1 aromatic rings. The largest absolute Gasteiger partial charge is 0.494 e. The number of ether oxygens (including phenoxy) is 1. The van der Waals surface area contributed by atoms with Crippen LogP contribution in [0.25, 0.3) is 0 Å². The van der Waals surface area contributed by atoms with Crippen LogP contribution in [-0.2, 0) is 4.79 Å². The monoisotopic (exact) mass is 334 g/mol. The number of carbonyl (C=O) groups excluding carboxylic acids is 1. The molecule has 0 unspecified atom stereocenters. The summed E-state index contributed by atoms with van der Waals surface area (Å²) >= 11 is 0. The second-order valence-electron chi connectivity index (χ2n) is 6.49. The zero-order valence-electron chi connectivity index (χ0n) is 14.4. The normalized spacial score (nSPS) is 20.4. The van der Waals surface area contributed by atoms with E-state index in [1.165, 1.54) is 44.6 Å². The summed E-state index contributed by atoms with van der Waals surface area (Å²) in [5, 5.41) is 13.7. The second kappa shape index (κ2) is 8.66. The molecule has 1 N–H and O–H groups in total. The quantitative estimate of drug-likeness (QED) is 0.586. The molecule has 0 spiro atoms. The van der Waals surface area contributed by atoms with Crippen LogP contribution in [0.1, 0.15) is 51.9 Å². The maximum atomic E-state index is 12.5. The van der Waals surface area contributed by atoms with Gasteiger partial charge in [-0.2, -0.15) is 0 Å². The van der Waals surface area contributed by atoms with E-state index in [-0.39, 0.29) is 17.5 Å². The lowest BCUT2D eigenvalue weighted by molar-refractivity contribution is -0.384. The molecular formula is C18H26N2O4. The summed E-state index contributed by atoms with van der Waals surface area (Å²) in [6.07, 6.45) is 7.79. The Labute approximate surface area is 142 Å². The van der Waals surface area contributed by atoms with Gasteiger partial charge in [-0.1, -0.05) is 26.2 Å². The predicted octanol–water partition coefficient (Wildman–Crippen LogP) is 4.54. The van der Waals surface area contributed by atoms with Crippen molar-refractivity contribution >= 4 is 17.3 Å². The number of benzene rings is 1. The van der Waals surface area contributed by atoms with Crippen molar-refractivity contribution in [2.45, 2.75) is 51.9 Å². The lowest BCUT2D eigenvalue weighted by Gasteiger charge is -2.27. The van der Waals surface area contributed by atoms with Crippen LogP contribution in [0.15, 0.2) is 18.2 Å². The minimum Gasteiger partial charge on any atom is -0.494 e. The molecule has 1 amide bonds. The van der Waals surface area contributed by atoms with E-state index in [1.54, 1.807) is 0 Å². The molecular weight excluding hydrogens is 308 g/mol. The van der Waals surface area contributed by atoms with Crippen LogP contribution in [0.2, 0.25) is 0 Å². The summed E-state index contributed by atoms with van der Waals surface area (Å²) in [6.45, 7) is 2.21. The SMILES string of the molecule is CCCCC1CCC(C(=O)Nc2ccc([N+](=O)[O-])cc2OC)CC1. The minimum absolute atomic E-state index is 0.0165. The molecule has 0 heterocycles. The third kappa shape index (κ3) is 4.69. The van der Waals surface area contributed by atoms with Gasteiger partial charge in [0.05, 0.1) is 23.8 Å². The molecule has 1 saturated carbocycles. The third-order valence-electron chi connectivity index (χ3n) is 4.84. The van der Waals surface area contributed by atoms with Gasteiger partial charge in [-0.15, -0.1) is 0 Å². The van der Waals surface area contributed by atoms with Crippen LogP contribution in [0, 0.1) is 22.0 Å². The number of methoxy groups -OCH3 is 1. The van der Waals surface area contributed by atoms with Gasteiger partial charge in [0.15, 0.2) is 0 Å². The molecule has 2 rings (SSSR count). The first kappa shape index (κ1) is 18.2. The topological polar surface area (TPSA) is 81.5 Å². The standard InChI is InChI=1S/C18H26N2O4/c1-3-4-5-13-6-8-14(9-7-13)18(21)19-16-11-10-15(20(22)23)12-17(16)24-2/h10-14H,3-9H2,1-2H3,(H,19,21). The van der Waals surface area contributed by atoms with Crippen molar-refractivity contribution in [3.8, 4) is 5.75 Å². The van der Waals surface area contributed by atoms with Crippen LogP contribution < -0.4 is 10.1 Å². The van der Waals surface area contributed by atoms with Gasteiger partial charge < -0.3 is 10.1 Å². The minimum atomic E-state index is -0.480. The Kier molecular flexibility index (Phi) is 6.58. The zero-order valence-corrected chi connectivity index (χ0v) is 14.4. The van der Waals surface area contributed by atoms with Crippen molar-refractivity contribution in [1.82, 2.24) is 0 Å². The van der Waals surface area contributed by atoms with Gasteiger partial charge in [0.2, 0.25) is 5.91 Å². The van der Waals surface area contributed by atoms with Crippen molar-refractivity contribution in [3.05, 3.63) is 28.3 Å². The molecule has 0 aromatic heterocycles. The van der Waals surface area contributed by atoms with E-state index < -0.39 is 4.92 Å². The van der Waals surface area contributed by atoms with Gasteiger partial charge in [0.1, 0.15) is 5.75 Å². The number of nitro benzene ring substituents is 1. The highest BCUT2D eigenvalue weighted by Crippen LogP contribution is 2.34. The summed E-state index contributed by atoms with van der Waals surface area (Å²) in [4.78, 5) is 22.8. The first-order valence-corrected chi connectivity index (χ1v) is 8.68. The molecule has 1 fully saturated rings. The number of unbranched alkanes of at least 4 members (excludes halogenated alkanes) is 1. The van der Waals surface area contributed by atoms with Crippen LogP contribution >= 0.6 is 0 Å². The lowest BCUT2D eigenvalue weighted by atomic mass is 9.79. The fraction of sp³-hybridized carbons (Fsp3) is 0.611. The molecule has 0 atom stereocenters. The summed E-state index contributed by atoms with van der Waals surface area (Å²) in [5.41, 5.74) is 0.433. The first-order chi connectivity index (χ1) is 11.5. The molecule has 6 nitrogen and oxygen atoms in total. The Morgan fingerprint density at radius 1 is 1.33 bits per heavy atom. The Balaban J connectivity index is 1.94. The van der Waals surface area contributed by atoms with E-state index in [4.69, 9.17) is 4.74 Å². The van der Waals surface area contributed by atoms with E-state index in [2.05, 4.69) is 12.2 Å².